The summed E-state index contributed by atoms with van der Waals surface area (Å²) >= 11 is 0. The van der Waals surface area contributed by atoms with Crippen molar-refractivity contribution < 1.29 is 14.3 Å². The lowest BCUT2D eigenvalue weighted by molar-refractivity contribution is 0.0977. The number of aromatic nitrogens is 4. The van der Waals surface area contributed by atoms with Crippen LogP contribution in [0.2, 0.25) is 0 Å². The number of nitrogens with zero attached hydrogens (tertiary/aromatic N) is 4. The van der Waals surface area contributed by atoms with E-state index in [0.717, 1.165) is 0 Å². The van der Waals surface area contributed by atoms with Gasteiger partial charge >= 0.3 is 0 Å². The van der Waals surface area contributed by atoms with E-state index in [1.807, 2.05) is 0 Å². The van der Waals surface area contributed by atoms with E-state index in [4.69, 9.17) is 0 Å². The predicted molar refractivity (Wildman–Crippen MR) is 84.9 cm³/mol. The van der Waals surface area contributed by atoms with Gasteiger partial charge in [-0.3, -0.25) is 4.79 Å². The van der Waals surface area contributed by atoms with Crippen molar-refractivity contribution in [2.24, 2.45) is 0 Å². The first-order valence-corrected chi connectivity index (χ1v) is 7.48. The van der Waals surface area contributed by atoms with Crippen LogP contribution in [-0.4, -0.2) is 31.1 Å². The van der Waals surface area contributed by atoms with Gasteiger partial charge in [-0.2, -0.15) is 4.80 Å². The van der Waals surface area contributed by atoms with Crippen molar-refractivity contribution in [2.75, 3.05) is 0 Å². The Kier molecular flexibility index (Phi) is 4.60. The lowest BCUT2D eigenvalue weighted by atomic mass is 10.1. The number of ketones is 1. The molecule has 3 rings (SSSR count). The summed E-state index contributed by atoms with van der Waals surface area (Å²) in [6, 6.07) is 12.0. The quantitative estimate of drug-likeness (QED) is 0.705. The Hall–Kier alpha value is -3.09. The Balaban J connectivity index is 1.55. The number of benzene rings is 2. The van der Waals surface area contributed by atoms with Crippen LogP contribution >= 0.6 is 0 Å². The molecule has 0 atom stereocenters. The van der Waals surface area contributed by atoms with E-state index in [-0.39, 0.29) is 17.3 Å². The van der Waals surface area contributed by atoms with Gasteiger partial charge in [0.15, 0.2) is 5.78 Å². The molecule has 3 aromatic rings. The van der Waals surface area contributed by atoms with Crippen molar-refractivity contribution in [1.29, 1.82) is 0 Å². The van der Waals surface area contributed by atoms with Crippen LogP contribution in [0, 0.1) is 5.82 Å². The van der Waals surface area contributed by atoms with Crippen molar-refractivity contribution in [3.63, 3.8) is 0 Å². The molecule has 122 valence electrons. The Morgan fingerprint density at radius 1 is 1.08 bits per heavy atom. The lowest BCUT2D eigenvalue weighted by Crippen LogP contribution is -2.06. The first-order valence-electron chi connectivity index (χ1n) is 7.48. The first-order chi connectivity index (χ1) is 11.6. The third-order valence-corrected chi connectivity index (χ3v) is 3.51. The van der Waals surface area contributed by atoms with E-state index in [1.54, 1.807) is 24.3 Å². The molecule has 1 aromatic heterocycles. The van der Waals surface area contributed by atoms with E-state index in [9.17, 15) is 14.3 Å². The van der Waals surface area contributed by atoms with Gasteiger partial charge in [-0.1, -0.05) is 0 Å². The van der Waals surface area contributed by atoms with Gasteiger partial charge < -0.3 is 5.11 Å². The Morgan fingerprint density at radius 2 is 1.79 bits per heavy atom. The molecule has 0 radical (unpaired) electrons. The number of carbonyl (C=O) groups excluding carboxylic acids is 1. The van der Waals surface area contributed by atoms with Crippen LogP contribution in [-0.2, 0) is 6.54 Å². The van der Waals surface area contributed by atoms with Gasteiger partial charge in [-0.05, 0) is 60.2 Å². The van der Waals surface area contributed by atoms with Crippen LogP contribution in [0.5, 0.6) is 5.75 Å². The van der Waals surface area contributed by atoms with Crippen molar-refractivity contribution in [1.82, 2.24) is 20.2 Å². The van der Waals surface area contributed by atoms with E-state index in [1.165, 1.54) is 29.1 Å². The van der Waals surface area contributed by atoms with Crippen LogP contribution in [0.3, 0.4) is 0 Å². The van der Waals surface area contributed by atoms with Crippen molar-refractivity contribution >= 4 is 5.78 Å². The Morgan fingerprint density at radius 3 is 2.50 bits per heavy atom. The molecule has 2 aromatic carbocycles. The fourth-order valence-electron chi connectivity index (χ4n) is 2.23. The maximum atomic E-state index is 12.9. The minimum atomic E-state index is -0.320. The molecule has 0 unspecified atom stereocenters. The molecule has 0 spiro atoms. The molecule has 0 fully saturated rings. The average Bonchev–Trinajstić information content (AvgIpc) is 3.05. The second-order valence-corrected chi connectivity index (χ2v) is 5.29. The molecular formula is C17H15FN4O2. The molecule has 1 heterocycles. The molecule has 0 aliphatic carbocycles. The zero-order chi connectivity index (χ0) is 16.9. The summed E-state index contributed by atoms with van der Waals surface area (Å²) in [5, 5.41) is 21.3. The van der Waals surface area contributed by atoms with Gasteiger partial charge in [-0.25, -0.2) is 4.39 Å². The second-order valence-electron chi connectivity index (χ2n) is 5.29. The fraction of sp³-hybridized carbons (Fsp3) is 0.176. The topological polar surface area (TPSA) is 80.9 Å². The maximum Gasteiger partial charge on any atom is 0.204 e. The average molecular weight is 326 g/mol. The van der Waals surface area contributed by atoms with E-state index < -0.39 is 0 Å². The lowest BCUT2D eigenvalue weighted by Gasteiger charge is -2.01. The number of hydrogen-bond donors (Lipinski definition) is 1. The molecule has 24 heavy (non-hydrogen) atoms. The number of carbonyl (C=O) groups is 1. The SMILES string of the molecule is O=C(CCCn1nnc(-c2ccc(F)cc2)n1)c1ccc(O)cc1. The molecule has 1 N–H and O–H groups in total. The van der Waals surface area contributed by atoms with Gasteiger partial charge in [0.25, 0.3) is 0 Å². The number of Topliss-reactive ketones (excluding diaryl/α,β-unsaturated/α-hetero) is 1. The molecule has 0 amide bonds. The molecule has 0 aliphatic heterocycles. The van der Waals surface area contributed by atoms with Crippen molar-refractivity contribution in [3.8, 4) is 17.1 Å². The summed E-state index contributed by atoms with van der Waals surface area (Å²) < 4.78 is 12.9. The summed E-state index contributed by atoms with van der Waals surface area (Å²) in [4.78, 5) is 13.4. The highest BCUT2D eigenvalue weighted by atomic mass is 19.1. The van der Waals surface area contributed by atoms with Crippen molar-refractivity contribution in [3.05, 3.63) is 59.9 Å². The van der Waals surface area contributed by atoms with E-state index in [2.05, 4.69) is 15.4 Å². The van der Waals surface area contributed by atoms with Crippen LogP contribution in [0.4, 0.5) is 4.39 Å². The maximum absolute atomic E-state index is 12.9. The van der Waals surface area contributed by atoms with Crippen LogP contribution in [0.15, 0.2) is 48.5 Å². The molecule has 6 nitrogen and oxygen atoms in total. The smallest absolute Gasteiger partial charge is 0.204 e. The number of aryl methyl sites for hydroxylation is 1. The normalized spacial score (nSPS) is 10.7. The minimum absolute atomic E-state index is 0.00567. The summed E-state index contributed by atoms with van der Waals surface area (Å²) in [6.45, 7) is 0.456. The zero-order valence-corrected chi connectivity index (χ0v) is 12.8. The first kappa shape index (κ1) is 15.8. The molecular weight excluding hydrogens is 311 g/mol. The Bertz CT molecular complexity index is 829. The Labute approximate surface area is 137 Å². The molecule has 7 heteroatoms. The van der Waals surface area contributed by atoms with Crippen LogP contribution in [0.1, 0.15) is 23.2 Å². The molecule has 0 aliphatic rings. The number of hydrogen-bond acceptors (Lipinski definition) is 5. The van der Waals surface area contributed by atoms with Gasteiger partial charge in [-0.15, -0.1) is 10.2 Å². The van der Waals surface area contributed by atoms with Gasteiger partial charge in [0.05, 0.1) is 6.54 Å². The number of phenols is 1. The predicted octanol–water partition coefficient (Wildman–Crippen LogP) is 2.85. The van der Waals surface area contributed by atoms with E-state index in [0.29, 0.717) is 36.3 Å². The number of phenolic OH excluding ortho intramolecular Hbond substituents is 1. The summed E-state index contributed by atoms with van der Waals surface area (Å²) in [5.41, 5.74) is 1.24. The molecule has 0 saturated heterocycles. The fourth-order valence-corrected chi connectivity index (χ4v) is 2.23. The number of halogens is 1. The van der Waals surface area contributed by atoms with Crippen LogP contribution < -0.4 is 0 Å². The highest BCUT2D eigenvalue weighted by Crippen LogP contribution is 2.14. The van der Waals surface area contributed by atoms with Gasteiger partial charge in [0, 0.05) is 17.5 Å². The molecule has 0 saturated carbocycles. The monoisotopic (exact) mass is 326 g/mol. The minimum Gasteiger partial charge on any atom is -0.508 e. The van der Waals surface area contributed by atoms with Gasteiger partial charge in [0.1, 0.15) is 11.6 Å². The van der Waals surface area contributed by atoms with Crippen molar-refractivity contribution in [2.45, 2.75) is 19.4 Å². The highest BCUT2D eigenvalue weighted by Gasteiger charge is 2.08. The zero-order valence-electron chi connectivity index (χ0n) is 12.8. The van der Waals surface area contributed by atoms with E-state index >= 15 is 0 Å². The summed E-state index contributed by atoms with van der Waals surface area (Å²) in [5.74, 6) is 0.222. The second kappa shape index (κ2) is 6.99. The standard InChI is InChI=1S/C17H15FN4O2/c18-14-7-3-13(4-8-14)17-19-21-22(20-17)11-1-2-16(24)12-5-9-15(23)10-6-12/h3-10,23H,1-2,11H2. The third kappa shape index (κ3) is 3.81. The number of aromatic hydroxyl groups is 1. The largest absolute Gasteiger partial charge is 0.508 e. The van der Waals surface area contributed by atoms with Crippen LogP contribution in [0.25, 0.3) is 11.4 Å². The summed E-state index contributed by atoms with van der Waals surface area (Å²) in [7, 11) is 0. The highest BCUT2D eigenvalue weighted by molar-refractivity contribution is 5.96. The third-order valence-electron chi connectivity index (χ3n) is 3.51. The number of tetrazole rings is 1. The molecule has 0 bridgehead atoms. The van der Waals surface area contributed by atoms with Gasteiger partial charge in [0.2, 0.25) is 5.82 Å². The summed E-state index contributed by atoms with van der Waals surface area (Å²) in [6.07, 6.45) is 0.914. The number of rotatable bonds is 6.